The first kappa shape index (κ1) is 25.1. The van der Waals surface area contributed by atoms with Crippen molar-refractivity contribution in [3.63, 3.8) is 0 Å². The molecule has 1 unspecified atom stereocenters. The summed E-state index contributed by atoms with van der Waals surface area (Å²) in [6, 6.07) is 11.1. The minimum atomic E-state index is -4.15. The molecule has 1 aliphatic heterocycles. The van der Waals surface area contributed by atoms with Gasteiger partial charge in [0, 0.05) is 21.2 Å². The first-order chi connectivity index (χ1) is 15.5. The number of carbonyl (C=O) groups is 3. The molecule has 0 spiro atoms. The number of imide groups is 1. The molecule has 1 fully saturated rings. The van der Waals surface area contributed by atoms with E-state index in [0.717, 1.165) is 9.13 Å². The van der Waals surface area contributed by atoms with Crippen LogP contribution in [0.15, 0.2) is 47.4 Å². The second-order valence-corrected chi connectivity index (χ2v) is 12.1. The number of rotatable bonds is 6. The van der Waals surface area contributed by atoms with E-state index in [1.165, 1.54) is 12.1 Å². The molecule has 1 heterocycles. The first-order valence-electron chi connectivity index (χ1n) is 9.69. The Hall–Kier alpha value is -2.56. The van der Waals surface area contributed by atoms with Gasteiger partial charge in [-0.05, 0) is 96.1 Å². The van der Waals surface area contributed by atoms with Crippen LogP contribution in [0.2, 0.25) is 0 Å². The van der Waals surface area contributed by atoms with Gasteiger partial charge >= 0.3 is 6.09 Å². The van der Waals surface area contributed by atoms with Crippen LogP contribution < -0.4 is 10.6 Å². The standard InChI is InChI=1S/C22H19IN2O6S2/c1-14-6-9-17(24-20(27)28)13-15(14)5-3-2-4-12-22(19(26)25-21(29)32-22)33(30,31)18-10-7-16(23)8-11-18/h6-11,13,24H,2,4,12H2,1H3,(H,27,28)(H,25,26,29). The summed E-state index contributed by atoms with van der Waals surface area (Å²) in [4.78, 5) is 35.3. The van der Waals surface area contributed by atoms with Gasteiger partial charge in [-0.3, -0.25) is 20.2 Å². The maximum absolute atomic E-state index is 13.4. The van der Waals surface area contributed by atoms with Gasteiger partial charge in [-0.1, -0.05) is 17.9 Å². The van der Waals surface area contributed by atoms with Crippen LogP contribution in [-0.4, -0.2) is 34.8 Å². The van der Waals surface area contributed by atoms with Crippen molar-refractivity contribution in [3.8, 4) is 11.8 Å². The molecule has 1 atom stereocenters. The quantitative estimate of drug-likeness (QED) is 0.256. The van der Waals surface area contributed by atoms with E-state index in [4.69, 9.17) is 5.11 Å². The number of unbranched alkanes of at least 4 members (excludes halogenated alkanes) is 1. The van der Waals surface area contributed by atoms with Gasteiger partial charge in [0.1, 0.15) is 0 Å². The zero-order chi connectivity index (χ0) is 24.2. The van der Waals surface area contributed by atoms with E-state index in [9.17, 15) is 22.8 Å². The van der Waals surface area contributed by atoms with Crippen LogP contribution >= 0.6 is 34.4 Å². The van der Waals surface area contributed by atoms with Gasteiger partial charge in [0.2, 0.25) is 13.9 Å². The summed E-state index contributed by atoms with van der Waals surface area (Å²) in [5.74, 6) is 5.06. The van der Waals surface area contributed by atoms with Crippen LogP contribution in [0.5, 0.6) is 0 Å². The lowest BCUT2D eigenvalue weighted by Gasteiger charge is -2.24. The molecule has 0 aliphatic carbocycles. The summed E-state index contributed by atoms with van der Waals surface area (Å²) in [5, 5.41) is 12.5. The molecule has 2 aromatic carbocycles. The number of hydrogen-bond donors (Lipinski definition) is 3. The third-order valence-corrected chi connectivity index (χ3v) is 9.68. The number of hydrogen-bond acceptors (Lipinski definition) is 6. The maximum Gasteiger partial charge on any atom is 0.409 e. The minimum absolute atomic E-state index is 0.0234. The second kappa shape index (κ2) is 10.1. The minimum Gasteiger partial charge on any atom is -0.465 e. The van der Waals surface area contributed by atoms with Crippen molar-refractivity contribution in [1.82, 2.24) is 5.32 Å². The highest BCUT2D eigenvalue weighted by Gasteiger charge is 2.57. The smallest absolute Gasteiger partial charge is 0.409 e. The molecule has 3 rings (SSSR count). The normalized spacial score (nSPS) is 17.8. The lowest BCUT2D eigenvalue weighted by Crippen LogP contribution is -2.43. The van der Waals surface area contributed by atoms with Gasteiger partial charge in [0.15, 0.2) is 0 Å². The van der Waals surface area contributed by atoms with Crippen LogP contribution in [0, 0.1) is 22.3 Å². The molecule has 11 heteroatoms. The van der Waals surface area contributed by atoms with Gasteiger partial charge in [-0.25, -0.2) is 13.2 Å². The average molecular weight is 598 g/mol. The van der Waals surface area contributed by atoms with Crippen LogP contribution in [0.3, 0.4) is 0 Å². The molecule has 2 aromatic rings. The highest BCUT2D eigenvalue weighted by molar-refractivity contribution is 14.1. The Kier molecular flexibility index (Phi) is 7.71. The van der Waals surface area contributed by atoms with Gasteiger partial charge in [-0.2, -0.15) is 0 Å². The first-order valence-corrected chi connectivity index (χ1v) is 13.1. The van der Waals surface area contributed by atoms with Crippen molar-refractivity contribution in [2.75, 3.05) is 5.32 Å². The topological polar surface area (TPSA) is 130 Å². The number of carboxylic acid groups (broad SMARTS) is 1. The summed E-state index contributed by atoms with van der Waals surface area (Å²) in [6.45, 7) is 1.84. The largest absolute Gasteiger partial charge is 0.465 e. The lowest BCUT2D eigenvalue weighted by molar-refractivity contribution is -0.120. The van der Waals surface area contributed by atoms with Crippen LogP contribution in [0.4, 0.5) is 15.3 Å². The van der Waals surface area contributed by atoms with Crippen LogP contribution in [-0.2, 0) is 14.6 Å². The van der Waals surface area contributed by atoms with Crippen molar-refractivity contribution in [2.45, 2.75) is 35.2 Å². The molecule has 8 nitrogen and oxygen atoms in total. The number of amides is 3. The Morgan fingerprint density at radius 2 is 1.91 bits per heavy atom. The third-order valence-electron chi connectivity index (χ3n) is 4.90. The van der Waals surface area contributed by atoms with Gasteiger partial charge in [0.25, 0.3) is 11.1 Å². The second-order valence-electron chi connectivity index (χ2n) is 7.17. The van der Waals surface area contributed by atoms with E-state index in [0.29, 0.717) is 23.0 Å². The molecule has 1 aliphatic rings. The molecule has 3 N–H and O–H groups in total. The van der Waals surface area contributed by atoms with Crippen molar-refractivity contribution in [3.05, 3.63) is 57.2 Å². The maximum atomic E-state index is 13.4. The molecule has 33 heavy (non-hydrogen) atoms. The number of sulfone groups is 1. The van der Waals surface area contributed by atoms with Crippen molar-refractivity contribution < 1.29 is 27.9 Å². The highest BCUT2D eigenvalue weighted by atomic mass is 127. The molecule has 0 radical (unpaired) electrons. The number of aryl methyl sites for hydroxylation is 1. The van der Waals surface area contributed by atoms with E-state index in [1.807, 2.05) is 29.5 Å². The molecule has 172 valence electrons. The van der Waals surface area contributed by atoms with Gasteiger partial charge < -0.3 is 5.11 Å². The molecule has 1 saturated heterocycles. The average Bonchev–Trinajstić information content (AvgIpc) is 3.04. The van der Waals surface area contributed by atoms with Crippen LogP contribution in [0.1, 0.15) is 30.4 Å². The SMILES string of the molecule is Cc1ccc(NC(=O)O)cc1C#CCCCC1(S(=O)(=O)c2ccc(I)cc2)SC(=O)NC1=O. The van der Waals surface area contributed by atoms with Crippen molar-refractivity contribution in [1.29, 1.82) is 0 Å². The Morgan fingerprint density at radius 3 is 2.52 bits per heavy atom. The van der Waals surface area contributed by atoms with Crippen molar-refractivity contribution in [2.24, 2.45) is 0 Å². The molecular weight excluding hydrogens is 579 g/mol. The summed E-state index contributed by atoms with van der Waals surface area (Å²) in [7, 11) is -4.15. The summed E-state index contributed by atoms with van der Waals surface area (Å²) in [6.07, 6.45) is -0.727. The molecule has 0 saturated carbocycles. The molecular formula is C22H19IN2O6S2. The number of halogens is 1. The Balaban J connectivity index is 1.78. The van der Waals surface area contributed by atoms with Gasteiger partial charge in [0.05, 0.1) is 4.90 Å². The zero-order valence-corrected chi connectivity index (χ0v) is 21.1. The van der Waals surface area contributed by atoms with E-state index in [2.05, 4.69) is 22.5 Å². The monoisotopic (exact) mass is 598 g/mol. The Labute approximate surface area is 209 Å². The summed E-state index contributed by atoms with van der Waals surface area (Å²) >= 11 is 2.54. The zero-order valence-electron chi connectivity index (χ0n) is 17.3. The van der Waals surface area contributed by atoms with Gasteiger partial charge in [-0.15, -0.1) is 0 Å². The fourth-order valence-electron chi connectivity index (χ4n) is 3.21. The van der Waals surface area contributed by atoms with E-state index in [-0.39, 0.29) is 24.2 Å². The third kappa shape index (κ3) is 5.51. The fraction of sp³-hybridized carbons (Fsp3) is 0.227. The number of benzene rings is 2. The fourth-order valence-corrected chi connectivity index (χ4v) is 6.95. The number of thioether (sulfide) groups is 1. The number of nitrogens with one attached hydrogen (secondary N) is 2. The van der Waals surface area contributed by atoms with E-state index in [1.54, 1.807) is 30.3 Å². The number of carbonyl (C=O) groups excluding carboxylic acids is 2. The van der Waals surface area contributed by atoms with E-state index >= 15 is 0 Å². The molecule has 0 aromatic heterocycles. The highest BCUT2D eigenvalue weighted by Crippen LogP contribution is 2.44. The van der Waals surface area contributed by atoms with Crippen molar-refractivity contribution >= 4 is 67.1 Å². The van der Waals surface area contributed by atoms with E-state index < -0.39 is 31.2 Å². The predicted molar refractivity (Wildman–Crippen MR) is 134 cm³/mol. The Bertz CT molecular complexity index is 1280. The van der Waals surface area contributed by atoms with Crippen LogP contribution in [0.25, 0.3) is 0 Å². The summed E-state index contributed by atoms with van der Waals surface area (Å²) < 4.78 is 25.6. The predicted octanol–water partition coefficient (Wildman–Crippen LogP) is 4.36. The molecule has 3 amide bonds. The summed E-state index contributed by atoms with van der Waals surface area (Å²) in [5.41, 5.74) is 1.87. The number of anilines is 1. The lowest BCUT2D eigenvalue weighted by atomic mass is 10.1. The Morgan fingerprint density at radius 1 is 1.21 bits per heavy atom. The molecule has 0 bridgehead atoms.